The average molecular weight is 280 g/mol. The van der Waals surface area contributed by atoms with Gasteiger partial charge in [0, 0.05) is 16.8 Å². The zero-order chi connectivity index (χ0) is 14.0. The summed E-state index contributed by atoms with van der Waals surface area (Å²) in [6, 6.07) is 4.48. The topological polar surface area (TPSA) is 102 Å². The van der Waals surface area contributed by atoms with Gasteiger partial charge in [-0.25, -0.2) is 4.79 Å². The molecule has 0 spiro atoms. The molecule has 1 aromatic heterocycles. The van der Waals surface area contributed by atoms with Gasteiger partial charge >= 0.3 is 5.97 Å². The van der Waals surface area contributed by atoms with Gasteiger partial charge < -0.3 is 9.94 Å². The molecule has 0 saturated heterocycles. The molecule has 1 heterocycles. The highest BCUT2D eigenvalue weighted by Gasteiger charge is 2.22. The molecule has 98 valence electrons. The standard InChI is InChI=1S/C11H8N2O5S/c1-18-12-9(11(14)15)10-6-3-2-4-8(13(16)17)7(6)5-19-10/h2-5H,1H3,(H,14,15). The lowest BCUT2D eigenvalue weighted by Gasteiger charge is -1.99. The smallest absolute Gasteiger partial charge is 0.359 e. The Hall–Kier alpha value is -2.48. The van der Waals surface area contributed by atoms with E-state index in [0.29, 0.717) is 15.6 Å². The number of nitro benzene ring substituents is 1. The number of non-ortho nitro benzene ring substituents is 1. The Bertz CT molecular complexity index is 691. The van der Waals surface area contributed by atoms with Crippen molar-refractivity contribution in [2.45, 2.75) is 0 Å². The molecule has 1 N–H and O–H groups in total. The first-order valence-corrected chi connectivity index (χ1v) is 5.93. The molecular weight excluding hydrogens is 272 g/mol. The second-order valence-corrected chi connectivity index (χ2v) is 4.37. The highest BCUT2D eigenvalue weighted by atomic mass is 32.1. The van der Waals surface area contributed by atoms with Gasteiger partial charge in [-0.15, -0.1) is 11.3 Å². The van der Waals surface area contributed by atoms with Crippen LogP contribution >= 0.6 is 11.3 Å². The fourth-order valence-electron chi connectivity index (χ4n) is 1.67. The number of nitrogens with zero attached hydrogens (tertiary/aromatic N) is 2. The summed E-state index contributed by atoms with van der Waals surface area (Å²) < 4.78 is 0. The van der Waals surface area contributed by atoms with Crippen LogP contribution in [0.1, 0.15) is 4.88 Å². The summed E-state index contributed by atoms with van der Waals surface area (Å²) in [5, 5.41) is 25.8. The first kappa shape index (κ1) is 13.0. The van der Waals surface area contributed by atoms with E-state index in [1.54, 1.807) is 6.07 Å². The van der Waals surface area contributed by atoms with Crippen LogP contribution in [0, 0.1) is 10.1 Å². The summed E-state index contributed by atoms with van der Waals surface area (Å²) in [5.41, 5.74) is -0.342. The van der Waals surface area contributed by atoms with Crippen molar-refractivity contribution >= 4 is 39.5 Å². The summed E-state index contributed by atoms with van der Waals surface area (Å²) in [4.78, 5) is 26.3. The van der Waals surface area contributed by atoms with Gasteiger partial charge in [-0.1, -0.05) is 17.3 Å². The van der Waals surface area contributed by atoms with E-state index in [2.05, 4.69) is 9.99 Å². The molecule has 0 saturated carbocycles. The van der Waals surface area contributed by atoms with Crippen molar-refractivity contribution in [3.8, 4) is 0 Å². The number of aliphatic carboxylic acids is 1. The van der Waals surface area contributed by atoms with Gasteiger partial charge in [0.15, 0.2) is 0 Å². The number of nitro groups is 1. The lowest BCUT2D eigenvalue weighted by atomic mass is 10.1. The van der Waals surface area contributed by atoms with Crippen LogP contribution in [0.15, 0.2) is 28.7 Å². The van der Waals surface area contributed by atoms with Crippen molar-refractivity contribution in [1.29, 1.82) is 0 Å². The Balaban J connectivity index is 2.70. The number of hydrogen-bond acceptors (Lipinski definition) is 6. The van der Waals surface area contributed by atoms with Crippen LogP contribution in [0.25, 0.3) is 10.8 Å². The third kappa shape index (κ3) is 2.25. The lowest BCUT2D eigenvalue weighted by molar-refractivity contribution is -0.383. The summed E-state index contributed by atoms with van der Waals surface area (Å²) in [5.74, 6) is -1.25. The molecule has 2 aromatic rings. The van der Waals surface area contributed by atoms with Gasteiger partial charge in [-0.2, -0.15) is 0 Å². The summed E-state index contributed by atoms with van der Waals surface area (Å²) in [6.45, 7) is 0. The van der Waals surface area contributed by atoms with Gasteiger partial charge in [0.1, 0.15) is 7.11 Å². The molecule has 1 aromatic carbocycles. The maximum atomic E-state index is 11.1. The van der Waals surface area contributed by atoms with E-state index < -0.39 is 10.9 Å². The van der Waals surface area contributed by atoms with Crippen molar-refractivity contribution in [2.75, 3.05) is 7.11 Å². The van der Waals surface area contributed by atoms with E-state index in [1.165, 1.54) is 24.6 Å². The quantitative estimate of drug-likeness (QED) is 0.525. The van der Waals surface area contributed by atoms with E-state index in [4.69, 9.17) is 5.11 Å². The number of benzene rings is 1. The van der Waals surface area contributed by atoms with Crippen molar-refractivity contribution in [3.05, 3.63) is 38.6 Å². The largest absolute Gasteiger partial charge is 0.476 e. The Morgan fingerprint density at radius 1 is 1.47 bits per heavy atom. The minimum atomic E-state index is -1.25. The van der Waals surface area contributed by atoms with Crippen LogP contribution in [-0.4, -0.2) is 28.8 Å². The number of thiophene rings is 1. The summed E-state index contributed by atoms with van der Waals surface area (Å²) in [6.07, 6.45) is 0. The van der Waals surface area contributed by atoms with Crippen LogP contribution in [0.3, 0.4) is 0 Å². The number of hydrogen-bond donors (Lipinski definition) is 1. The van der Waals surface area contributed by atoms with Crippen LogP contribution in [0.4, 0.5) is 5.69 Å². The van der Waals surface area contributed by atoms with E-state index in [9.17, 15) is 14.9 Å². The van der Waals surface area contributed by atoms with Crippen molar-refractivity contribution in [3.63, 3.8) is 0 Å². The van der Waals surface area contributed by atoms with Crippen LogP contribution in [0.2, 0.25) is 0 Å². The number of oxime groups is 1. The molecule has 0 atom stereocenters. The molecular formula is C11H8N2O5S. The maximum Gasteiger partial charge on any atom is 0.359 e. The number of carboxylic acid groups (broad SMARTS) is 1. The fourth-order valence-corrected chi connectivity index (χ4v) is 2.69. The molecule has 0 aliphatic carbocycles. The highest BCUT2D eigenvalue weighted by molar-refractivity contribution is 7.15. The lowest BCUT2D eigenvalue weighted by Crippen LogP contribution is -2.13. The Kier molecular flexibility index (Phi) is 3.43. The number of fused-ring (bicyclic) bond motifs is 1. The van der Waals surface area contributed by atoms with Crippen molar-refractivity contribution in [1.82, 2.24) is 0 Å². The van der Waals surface area contributed by atoms with Gasteiger partial charge in [0.25, 0.3) is 5.69 Å². The maximum absolute atomic E-state index is 11.1. The number of carboxylic acids is 1. The molecule has 2 rings (SSSR count). The zero-order valence-electron chi connectivity index (χ0n) is 9.69. The van der Waals surface area contributed by atoms with E-state index >= 15 is 0 Å². The van der Waals surface area contributed by atoms with E-state index in [1.807, 2.05) is 0 Å². The zero-order valence-corrected chi connectivity index (χ0v) is 10.5. The molecule has 0 bridgehead atoms. The second kappa shape index (κ2) is 5.02. The molecule has 19 heavy (non-hydrogen) atoms. The Labute approximate surface area is 110 Å². The van der Waals surface area contributed by atoms with Gasteiger partial charge in [-0.3, -0.25) is 10.1 Å². The fraction of sp³-hybridized carbons (Fsp3) is 0.0909. The first-order valence-electron chi connectivity index (χ1n) is 5.05. The first-order chi connectivity index (χ1) is 9.06. The van der Waals surface area contributed by atoms with Crippen LogP contribution < -0.4 is 0 Å². The van der Waals surface area contributed by atoms with Crippen molar-refractivity contribution in [2.24, 2.45) is 5.16 Å². The predicted molar refractivity (Wildman–Crippen MR) is 69.7 cm³/mol. The van der Waals surface area contributed by atoms with E-state index in [-0.39, 0.29) is 11.4 Å². The minimum absolute atomic E-state index is 0.0674. The molecule has 0 amide bonds. The Morgan fingerprint density at radius 2 is 2.21 bits per heavy atom. The molecule has 8 heteroatoms. The molecule has 0 unspecified atom stereocenters. The van der Waals surface area contributed by atoms with Gasteiger partial charge in [-0.05, 0) is 0 Å². The third-order valence-corrected chi connectivity index (χ3v) is 3.42. The SMILES string of the molecule is CON=C(C(=O)O)c1scc2c([N+](=O)[O-])cccc12. The second-order valence-electron chi connectivity index (χ2n) is 3.49. The number of rotatable bonds is 4. The number of carbonyl (C=O) groups is 1. The normalized spacial score (nSPS) is 11.5. The Morgan fingerprint density at radius 3 is 2.79 bits per heavy atom. The average Bonchev–Trinajstić information content (AvgIpc) is 2.78. The third-order valence-electron chi connectivity index (χ3n) is 2.42. The molecule has 7 nitrogen and oxygen atoms in total. The molecule has 0 fully saturated rings. The highest BCUT2D eigenvalue weighted by Crippen LogP contribution is 2.33. The molecule has 0 aliphatic heterocycles. The monoisotopic (exact) mass is 280 g/mol. The predicted octanol–water partition coefficient (Wildman–Crippen LogP) is 2.24. The van der Waals surface area contributed by atoms with Gasteiger partial charge in [0.05, 0.1) is 15.2 Å². The van der Waals surface area contributed by atoms with Crippen molar-refractivity contribution < 1.29 is 19.7 Å². The van der Waals surface area contributed by atoms with Crippen LogP contribution in [0.5, 0.6) is 0 Å². The van der Waals surface area contributed by atoms with Crippen LogP contribution in [-0.2, 0) is 9.63 Å². The van der Waals surface area contributed by atoms with E-state index in [0.717, 1.165) is 11.3 Å². The summed E-state index contributed by atoms with van der Waals surface area (Å²) in [7, 11) is 1.24. The van der Waals surface area contributed by atoms with Gasteiger partial charge in [0.2, 0.25) is 5.71 Å². The molecule has 0 aliphatic rings. The molecule has 0 radical (unpaired) electrons. The minimum Gasteiger partial charge on any atom is -0.476 e. The summed E-state index contributed by atoms with van der Waals surface area (Å²) >= 11 is 1.07.